The highest BCUT2D eigenvalue weighted by molar-refractivity contribution is 5.79. The molecule has 0 unspecified atom stereocenters. The second-order valence-corrected chi connectivity index (χ2v) is 7.90. The average Bonchev–Trinajstić information content (AvgIpc) is 3.02. The van der Waals surface area contributed by atoms with Crippen LogP contribution in [0.1, 0.15) is 49.1 Å². The van der Waals surface area contributed by atoms with Crippen molar-refractivity contribution in [3.8, 4) is 5.75 Å². The lowest BCUT2D eigenvalue weighted by molar-refractivity contribution is -0.138. The van der Waals surface area contributed by atoms with E-state index in [-0.39, 0.29) is 12.8 Å². The standard InChI is InChI=1S/C20H27N3O4/c21-17(4-5-18(24)25)20(26)27-14-8-13-10-22-6-7-23-11-12-2-1-3-15(12)16(9-14)19(13)23/h8-9,12,15,17,22H,1-7,10-11,21H2,(H,24,25)/t12-,15-,17-/m0/s1. The minimum absolute atomic E-state index is 0.0754. The number of nitrogens with one attached hydrogen (secondary N) is 1. The van der Waals surface area contributed by atoms with Gasteiger partial charge in [-0.25, -0.2) is 4.79 Å². The molecule has 0 spiro atoms. The maximum atomic E-state index is 12.3. The molecule has 1 aromatic carbocycles. The van der Waals surface area contributed by atoms with E-state index in [1.165, 1.54) is 30.5 Å². The maximum Gasteiger partial charge on any atom is 0.328 e. The van der Waals surface area contributed by atoms with Gasteiger partial charge in [0, 0.05) is 38.3 Å². The zero-order chi connectivity index (χ0) is 19.0. The normalized spacial score (nSPS) is 24.6. The molecule has 2 heterocycles. The molecule has 0 aromatic heterocycles. The van der Waals surface area contributed by atoms with Crippen molar-refractivity contribution in [1.82, 2.24) is 5.32 Å². The van der Waals surface area contributed by atoms with Crippen LogP contribution in [0.4, 0.5) is 5.69 Å². The van der Waals surface area contributed by atoms with Gasteiger partial charge in [-0.05, 0) is 54.4 Å². The van der Waals surface area contributed by atoms with Crippen molar-refractivity contribution in [3.05, 3.63) is 23.3 Å². The summed E-state index contributed by atoms with van der Waals surface area (Å²) in [4.78, 5) is 25.5. The van der Waals surface area contributed by atoms with Crippen molar-refractivity contribution < 1.29 is 19.4 Å². The summed E-state index contributed by atoms with van der Waals surface area (Å²) in [5, 5.41) is 12.2. The van der Waals surface area contributed by atoms with Crippen LogP contribution in [0.2, 0.25) is 0 Å². The number of esters is 1. The van der Waals surface area contributed by atoms with Crippen LogP contribution in [0.3, 0.4) is 0 Å². The van der Waals surface area contributed by atoms with E-state index in [0.29, 0.717) is 17.6 Å². The number of rotatable bonds is 5. The number of hydrogen-bond acceptors (Lipinski definition) is 6. The molecular formula is C20H27N3O4. The van der Waals surface area contributed by atoms with Crippen LogP contribution < -0.4 is 20.7 Å². The lowest BCUT2D eigenvalue weighted by Crippen LogP contribution is -2.38. The van der Waals surface area contributed by atoms with Crippen LogP contribution >= 0.6 is 0 Å². The molecule has 1 aromatic rings. The number of anilines is 1. The Hall–Kier alpha value is -2.12. The number of carboxylic acid groups (broad SMARTS) is 1. The van der Waals surface area contributed by atoms with E-state index in [1.54, 1.807) is 0 Å². The number of aliphatic carboxylic acids is 1. The Morgan fingerprint density at radius 3 is 3.04 bits per heavy atom. The van der Waals surface area contributed by atoms with Crippen molar-refractivity contribution in [2.45, 2.75) is 50.6 Å². The molecule has 0 saturated heterocycles. The molecule has 3 aliphatic rings. The quantitative estimate of drug-likeness (QED) is 0.532. The third-order valence-corrected chi connectivity index (χ3v) is 6.09. The van der Waals surface area contributed by atoms with Crippen LogP contribution in [0.25, 0.3) is 0 Å². The van der Waals surface area contributed by atoms with E-state index >= 15 is 0 Å². The minimum atomic E-state index is -0.967. The number of fused-ring (bicyclic) bond motifs is 2. The maximum absolute atomic E-state index is 12.3. The molecule has 27 heavy (non-hydrogen) atoms. The largest absolute Gasteiger partial charge is 0.481 e. The number of nitrogens with zero attached hydrogens (tertiary/aromatic N) is 1. The monoisotopic (exact) mass is 373 g/mol. The summed E-state index contributed by atoms with van der Waals surface area (Å²) in [6.07, 6.45) is 3.63. The van der Waals surface area contributed by atoms with E-state index in [9.17, 15) is 9.59 Å². The summed E-state index contributed by atoms with van der Waals surface area (Å²) in [5.41, 5.74) is 9.59. The number of carbonyl (C=O) groups is 2. The van der Waals surface area contributed by atoms with Crippen LogP contribution in [0, 0.1) is 5.92 Å². The van der Waals surface area contributed by atoms with Gasteiger partial charge in [0.15, 0.2) is 0 Å². The molecule has 4 N–H and O–H groups in total. The lowest BCUT2D eigenvalue weighted by atomic mass is 9.82. The Morgan fingerprint density at radius 2 is 2.22 bits per heavy atom. The molecule has 1 saturated carbocycles. The van der Waals surface area contributed by atoms with Gasteiger partial charge in [-0.2, -0.15) is 0 Å². The molecule has 0 amide bonds. The molecule has 1 fully saturated rings. The lowest BCUT2D eigenvalue weighted by Gasteiger charge is -2.39. The summed E-state index contributed by atoms with van der Waals surface area (Å²) in [5.74, 6) is 0.196. The van der Waals surface area contributed by atoms with E-state index in [4.69, 9.17) is 15.6 Å². The number of carboxylic acids is 1. The van der Waals surface area contributed by atoms with Gasteiger partial charge in [0.1, 0.15) is 11.8 Å². The van der Waals surface area contributed by atoms with Crippen molar-refractivity contribution in [2.75, 3.05) is 24.5 Å². The Morgan fingerprint density at radius 1 is 1.37 bits per heavy atom. The zero-order valence-electron chi connectivity index (χ0n) is 15.4. The predicted molar refractivity (Wildman–Crippen MR) is 101 cm³/mol. The molecule has 0 radical (unpaired) electrons. The van der Waals surface area contributed by atoms with Crippen LogP contribution in [-0.4, -0.2) is 42.7 Å². The smallest absolute Gasteiger partial charge is 0.328 e. The summed E-state index contributed by atoms with van der Waals surface area (Å²) >= 11 is 0. The minimum Gasteiger partial charge on any atom is -0.481 e. The molecule has 7 nitrogen and oxygen atoms in total. The molecule has 146 valence electrons. The van der Waals surface area contributed by atoms with Gasteiger partial charge in [-0.15, -0.1) is 0 Å². The van der Waals surface area contributed by atoms with Gasteiger partial charge >= 0.3 is 11.9 Å². The predicted octanol–water partition coefficient (Wildman–Crippen LogP) is 1.59. The van der Waals surface area contributed by atoms with Gasteiger partial charge in [0.05, 0.1) is 0 Å². The third kappa shape index (κ3) is 3.66. The summed E-state index contributed by atoms with van der Waals surface area (Å²) in [6.45, 7) is 3.82. The van der Waals surface area contributed by atoms with Crippen molar-refractivity contribution in [2.24, 2.45) is 11.7 Å². The van der Waals surface area contributed by atoms with Gasteiger partial charge in [0.25, 0.3) is 0 Å². The van der Waals surface area contributed by atoms with Gasteiger partial charge in [-0.3, -0.25) is 4.79 Å². The second kappa shape index (κ2) is 7.48. The first-order chi connectivity index (χ1) is 13.0. The molecule has 1 aliphatic carbocycles. The van der Waals surface area contributed by atoms with Gasteiger partial charge in [0.2, 0.25) is 0 Å². The van der Waals surface area contributed by atoms with Gasteiger partial charge in [-0.1, -0.05) is 6.42 Å². The van der Waals surface area contributed by atoms with Crippen LogP contribution in [-0.2, 0) is 16.1 Å². The van der Waals surface area contributed by atoms with E-state index in [2.05, 4.69) is 10.2 Å². The number of benzene rings is 1. The highest BCUT2D eigenvalue weighted by Crippen LogP contribution is 2.50. The van der Waals surface area contributed by atoms with E-state index in [0.717, 1.165) is 31.7 Å². The molecule has 2 aliphatic heterocycles. The highest BCUT2D eigenvalue weighted by atomic mass is 16.5. The number of carbonyl (C=O) groups excluding carboxylic acids is 1. The Balaban J connectivity index is 1.60. The summed E-state index contributed by atoms with van der Waals surface area (Å²) < 4.78 is 5.56. The first kappa shape index (κ1) is 18.3. The number of ether oxygens (including phenoxy) is 1. The number of nitrogens with two attached hydrogens (primary N) is 1. The molecule has 0 bridgehead atoms. The Kier molecular flexibility index (Phi) is 5.06. The van der Waals surface area contributed by atoms with Crippen LogP contribution in [0.15, 0.2) is 12.1 Å². The Bertz CT molecular complexity index is 751. The molecule has 4 rings (SSSR count). The fraction of sp³-hybridized carbons (Fsp3) is 0.600. The van der Waals surface area contributed by atoms with Crippen molar-refractivity contribution in [1.29, 1.82) is 0 Å². The van der Waals surface area contributed by atoms with E-state index < -0.39 is 18.0 Å². The van der Waals surface area contributed by atoms with E-state index in [1.807, 2.05) is 12.1 Å². The SMILES string of the molecule is N[C@@H](CCC(=O)O)C(=O)Oc1cc2c3c(c1)[C@H]1CCC[C@H]1CN3CCNC2. The molecular weight excluding hydrogens is 346 g/mol. The zero-order valence-corrected chi connectivity index (χ0v) is 15.4. The summed E-state index contributed by atoms with van der Waals surface area (Å²) in [7, 11) is 0. The fourth-order valence-corrected chi connectivity index (χ4v) is 4.82. The summed E-state index contributed by atoms with van der Waals surface area (Å²) in [6, 6.07) is 3.02. The number of hydrogen-bond donors (Lipinski definition) is 3. The van der Waals surface area contributed by atoms with Crippen molar-refractivity contribution in [3.63, 3.8) is 0 Å². The first-order valence-corrected chi connectivity index (χ1v) is 9.84. The topological polar surface area (TPSA) is 105 Å². The van der Waals surface area contributed by atoms with Crippen molar-refractivity contribution >= 4 is 17.6 Å². The average molecular weight is 373 g/mol. The van der Waals surface area contributed by atoms with Gasteiger partial charge < -0.3 is 25.8 Å². The van der Waals surface area contributed by atoms with Crippen LogP contribution in [0.5, 0.6) is 5.75 Å². The molecule has 3 atom stereocenters. The Labute approximate surface area is 158 Å². The second-order valence-electron chi connectivity index (χ2n) is 7.90. The highest BCUT2D eigenvalue weighted by Gasteiger charge is 2.38. The first-order valence-electron chi connectivity index (χ1n) is 9.84. The molecule has 7 heteroatoms. The fourth-order valence-electron chi connectivity index (χ4n) is 4.82. The third-order valence-electron chi connectivity index (χ3n) is 6.09.